The molecule has 18 heavy (non-hydrogen) atoms. The fourth-order valence-corrected chi connectivity index (χ4v) is 2.78. The molecule has 0 saturated heterocycles. The number of nitrogens with one attached hydrogen (secondary N) is 1. The molecule has 1 N–H and O–H groups in total. The zero-order valence-electron chi connectivity index (χ0n) is 11.1. The van der Waals surface area contributed by atoms with Crippen LogP contribution in [-0.2, 0) is 4.79 Å². The van der Waals surface area contributed by atoms with Gasteiger partial charge < -0.3 is 5.32 Å². The maximum atomic E-state index is 12.4. The second-order valence-corrected chi connectivity index (χ2v) is 6.08. The van der Waals surface area contributed by atoms with Crippen molar-refractivity contribution >= 4 is 24.2 Å². The molecule has 1 aromatic carbocycles. The smallest absolute Gasteiger partial charge is 0.230 e. The highest BCUT2D eigenvalue weighted by atomic mass is 32.1. The number of rotatable bonds is 2. The highest BCUT2D eigenvalue weighted by Gasteiger charge is 2.34. The molecule has 2 rings (SSSR count). The molecule has 1 aliphatic carbocycles. The van der Waals surface area contributed by atoms with E-state index in [0.29, 0.717) is 0 Å². The number of aryl methyl sites for hydroxylation is 1. The lowest BCUT2D eigenvalue weighted by molar-refractivity contribution is -0.126. The number of carbonyl (C=O) groups excluding carboxylic acids is 1. The lowest BCUT2D eigenvalue weighted by Gasteiger charge is -2.32. The summed E-state index contributed by atoms with van der Waals surface area (Å²) in [6, 6.07) is 5.91. The highest BCUT2D eigenvalue weighted by Crippen LogP contribution is 2.37. The number of hydrogen-bond donors (Lipinski definition) is 2. The van der Waals surface area contributed by atoms with E-state index >= 15 is 0 Å². The van der Waals surface area contributed by atoms with Gasteiger partial charge in [0.15, 0.2) is 0 Å². The highest BCUT2D eigenvalue weighted by molar-refractivity contribution is 7.80. The molecule has 3 heteroatoms. The van der Waals surface area contributed by atoms with Gasteiger partial charge in [-0.2, -0.15) is 0 Å². The maximum absolute atomic E-state index is 12.4. The molecular weight excluding hydrogens is 242 g/mol. The molecule has 0 radical (unpaired) electrons. The molecule has 0 aliphatic heterocycles. The normalized spacial score (nSPS) is 18.4. The monoisotopic (exact) mass is 263 g/mol. The van der Waals surface area contributed by atoms with Crippen molar-refractivity contribution in [3.05, 3.63) is 23.8 Å². The summed E-state index contributed by atoms with van der Waals surface area (Å²) in [5.74, 6) is 0.142. The second-order valence-electron chi connectivity index (χ2n) is 5.60. The molecule has 0 aromatic heterocycles. The molecule has 0 bridgehead atoms. The molecule has 98 valence electrons. The molecule has 0 spiro atoms. The summed E-state index contributed by atoms with van der Waals surface area (Å²) < 4.78 is 0. The quantitative estimate of drug-likeness (QED) is 0.770. The van der Waals surface area contributed by atoms with E-state index in [1.54, 1.807) is 0 Å². The number of amides is 1. The van der Waals surface area contributed by atoms with Crippen molar-refractivity contribution in [3.8, 4) is 0 Å². The minimum Gasteiger partial charge on any atom is -0.325 e. The molecule has 1 aliphatic rings. The number of carbonyl (C=O) groups is 1. The van der Waals surface area contributed by atoms with Gasteiger partial charge in [-0.15, -0.1) is 12.6 Å². The summed E-state index contributed by atoms with van der Waals surface area (Å²) in [5, 5.41) is 3.05. The molecule has 1 aromatic rings. The molecule has 1 amide bonds. The fraction of sp³-hybridized carbons (Fsp3) is 0.533. The zero-order chi connectivity index (χ0) is 13.2. The van der Waals surface area contributed by atoms with Crippen molar-refractivity contribution in [2.24, 2.45) is 5.41 Å². The van der Waals surface area contributed by atoms with Crippen LogP contribution in [0.3, 0.4) is 0 Å². The zero-order valence-corrected chi connectivity index (χ0v) is 12.0. The lowest BCUT2D eigenvalue weighted by Crippen LogP contribution is -2.35. The molecule has 0 atom stereocenters. The van der Waals surface area contributed by atoms with Crippen LogP contribution in [0.4, 0.5) is 5.69 Å². The average Bonchev–Trinajstić information content (AvgIpc) is 2.35. The minimum absolute atomic E-state index is 0.142. The molecule has 0 heterocycles. The first-order valence-electron chi connectivity index (χ1n) is 6.62. The largest absolute Gasteiger partial charge is 0.325 e. The van der Waals surface area contributed by atoms with Gasteiger partial charge in [-0.25, -0.2) is 0 Å². The van der Waals surface area contributed by atoms with Crippen molar-refractivity contribution < 1.29 is 4.79 Å². The van der Waals surface area contributed by atoms with E-state index in [1.807, 2.05) is 25.1 Å². The van der Waals surface area contributed by atoms with E-state index in [0.717, 1.165) is 41.8 Å². The first-order chi connectivity index (χ1) is 8.51. The third-order valence-electron chi connectivity index (χ3n) is 3.91. The van der Waals surface area contributed by atoms with E-state index in [2.05, 4.69) is 24.9 Å². The van der Waals surface area contributed by atoms with Gasteiger partial charge in [0.1, 0.15) is 0 Å². The Morgan fingerprint density at radius 1 is 1.28 bits per heavy atom. The van der Waals surface area contributed by atoms with Crippen LogP contribution in [0.25, 0.3) is 0 Å². The van der Waals surface area contributed by atoms with E-state index in [1.165, 1.54) is 6.42 Å². The van der Waals surface area contributed by atoms with Gasteiger partial charge in [0.05, 0.1) is 5.69 Å². The number of benzene rings is 1. The Balaban J connectivity index is 2.13. The van der Waals surface area contributed by atoms with Crippen LogP contribution in [0.1, 0.15) is 44.6 Å². The summed E-state index contributed by atoms with van der Waals surface area (Å²) in [6.45, 7) is 4.10. The van der Waals surface area contributed by atoms with Crippen LogP contribution in [0.2, 0.25) is 0 Å². The Hall–Kier alpha value is -0.960. The van der Waals surface area contributed by atoms with Crippen LogP contribution in [0, 0.1) is 12.3 Å². The standard InChI is InChI=1S/C15H21NOS/c1-11-6-7-13(18)12(10-11)16-14(17)15(2)8-4-3-5-9-15/h6-7,10,18H,3-5,8-9H2,1-2H3,(H,16,17). The Kier molecular flexibility index (Phi) is 4.00. The van der Waals surface area contributed by atoms with E-state index in [4.69, 9.17) is 0 Å². The van der Waals surface area contributed by atoms with Crippen molar-refractivity contribution in [2.75, 3.05) is 5.32 Å². The Bertz CT molecular complexity index is 450. The minimum atomic E-state index is -0.206. The number of thiol groups is 1. The summed E-state index contributed by atoms with van der Waals surface area (Å²) in [6.07, 6.45) is 5.56. The van der Waals surface area contributed by atoms with Crippen molar-refractivity contribution in [1.29, 1.82) is 0 Å². The lowest BCUT2D eigenvalue weighted by atomic mass is 9.75. The van der Waals surface area contributed by atoms with Crippen LogP contribution in [0.5, 0.6) is 0 Å². The molecule has 1 fully saturated rings. The van der Waals surface area contributed by atoms with Crippen LogP contribution < -0.4 is 5.32 Å². The van der Waals surface area contributed by atoms with Crippen molar-refractivity contribution in [1.82, 2.24) is 0 Å². The fourth-order valence-electron chi connectivity index (χ4n) is 2.58. The predicted octanol–water partition coefficient (Wildman–Crippen LogP) is 4.19. The molecule has 1 saturated carbocycles. The van der Waals surface area contributed by atoms with Gasteiger partial charge in [0, 0.05) is 10.3 Å². The Morgan fingerprint density at radius 2 is 1.94 bits per heavy atom. The van der Waals surface area contributed by atoms with E-state index < -0.39 is 0 Å². The first kappa shape index (κ1) is 13.5. The van der Waals surface area contributed by atoms with Crippen LogP contribution in [-0.4, -0.2) is 5.91 Å². The summed E-state index contributed by atoms with van der Waals surface area (Å²) in [7, 11) is 0. The van der Waals surface area contributed by atoms with Crippen LogP contribution in [0.15, 0.2) is 23.1 Å². The topological polar surface area (TPSA) is 29.1 Å². The van der Waals surface area contributed by atoms with Gasteiger partial charge in [-0.1, -0.05) is 32.3 Å². The average molecular weight is 263 g/mol. The third-order valence-corrected chi connectivity index (χ3v) is 4.30. The Morgan fingerprint density at radius 3 is 2.61 bits per heavy atom. The first-order valence-corrected chi connectivity index (χ1v) is 7.07. The molecular formula is C15H21NOS. The van der Waals surface area contributed by atoms with Gasteiger partial charge in [0.25, 0.3) is 0 Å². The number of hydrogen-bond acceptors (Lipinski definition) is 2. The second kappa shape index (κ2) is 5.35. The van der Waals surface area contributed by atoms with Gasteiger partial charge in [0.2, 0.25) is 5.91 Å². The van der Waals surface area contributed by atoms with Gasteiger partial charge in [-0.3, -0.25) is 4.79 Å². The summed E-state index contributed by atoms with van der Waals surface area (Å²) in [5.41, 5.74) is 1.76. The molecule has 0 unspecified atom stereocenters. The van der Waals surface area contributed by atoms with E-state index in [9.17, 15) is 4.79 Å². The van der Waals surface area contributed by atoms with Gasteiger partial charge >= 0.3 is 0 Å². The Labute approximate surface area is 115 Å². The van der Waals surface area contributed by atoms with Crippen molar-refractivity contribution in [2.45, 2.75) is 50.8 Å². The predicted molar refractivity (Wildman–Crippen MR) is 78.3 cm³/mol. The summed E-state index contributed by atoms with van der Waals surface area (Å²) >= 11 is 4.40. The van der Waals surface area contributed by atoms with Gasteiger partial charge in [-0.05, 0) is 37.5 Å². The third kappa shape index (κ3) is 2.89. The summed E-state index contributed by atoms with van der Waals surface area (Å²) in [4.78, 5) is 13.2. The molecule has 2 nitrogen and oxygen atoms in total. The maximum Gasteiger partial charge on any atom is 0.230 e. The van der Waals surface area contributed by atoms with E-state index in [-0.39, 0.29) is 11.3 Å². The van der Waals surface area contributed by atoms with Crippen molar-refractivity contribution in [3.63, 3.8) is 0 Å². The number of anilines is 1. The van der Waals surface area contributed by atoms with Crippen LogP contribution >= 0.6 is 12.6 Å². The SMILES string of the molecule is Cc1ccc(S)c(NC(=O)C2(C)CCCCC2)c1.